The standard InChI is InChI=1S/C24H25F3N2O5/c1-23(7-9-33-10-8-23)22(31)29-13-17-6-5-16(21(30)28-32)12-20(17)34-14-19(29)15-3-2-4-18(11-15)24(25,26)27/h2-6,11-12,19,32H,7-10,13-14H2,1H3,(H,28,30)/t19-/m0/s1. The summed E-state index contributed by atoms with van der Waals surface area (Å²) in [5.74, 6) is -0.593. The van der Waals surface area contributed by atoms with Crippen molar-refractivity contribution < 1.29 is 37.4 Å². The van der Waals surface area contributed by atoms with E-state index in [-0.39, 0.29) is 24.6 Å². The van der Waals surface area contributed by atoms with Crippen LogP contribution in [0.1, 0.15) is 52.9 Å². The van der Waals surface area contributed by atoms with Crippen LogP contribution in [-0.4, -0.2) is 41.7 Å². The Morgan fingerprint density at radius 3 is 2.56 bits per heavy atom. The highest BCUT2D eigenvalue weighted by atomic mass is 19.4. The highest BCUT2D eigenvalue weighted by Crippen LogP contribution is 2.40. The molecule has 0 bridgehead atoms. The van der Waals surface area contributed by atoms with Gasteiger partial charge in [-0.2, -0.15) is 13.2 Å². The molecule has 2 N–H and O–H groups in total. The van der Waals surface area contributed by atoms with Crippen LogP contribution in [0.5, 0.6) is 5.75 Å². The van der Waals surface area contributed by atoms with Crippen LogP contribution in [0.4, 0.5) is 13.2 Å². The molecule has 2 aliphatic heterocycles. The van der Waals surface area contributed by atoms with Crippen molar-refractivity contribution in [2.75, 3.05) is 19.8 Å². The van der Waals surface area contributed by atoms with Crippen molar-refractivity contribution in [3.05, 3.63) is 64.7 Å². The Bertz CT molecular complexity index is 1080. The maximum absolute atomic E-state index is 13.8. The first-order chi connectivity index (χ1) is 16.1. The number of carbonyl (C=O) groups is 2. The van der Waals surface area contributed by atoms with Crippen LogP contribution in [0.15, 0.2) is 42.5 Å². The van der Waals surface area contributed by atoms with Crippen LogP contribution >= 0.6 is 0 Å². The minimum Gasteiger partial charge on any atom is -0.491 e. The molecule has 182 valence electrons. The molecule has 0 spiro atoms. The quantitative estimate of drug-likeness (QED) is 0.512. The predicted octanol–water partition coefficient (Wildman–Crippen LogP) is 4.10. The van der Waals surface area contributed by atoms with Gasteiger partial charge < -0.3 is 14.4 Å². The number of fused-ring (bicyclic) bond motifs is 1. The van der Waals surface area contributed by atoms with Gasteiger partial charge >= 0.3 is 6.18 Å². The Kier molecular flexibility index (Phi) is 6.55. The van der Waals surface area contributed by atoms with Gasteiger partial charge in [0.15, 0.2) is 0 Å². The minimum absolute atomic E-state index is 0.0898. The molecule has 1 fully saturated rings. The van der Waals surface area contributed by atoms with Gasteiger partial charge in [0, 0.05) is 24.3 Å². The molecular formula is C24H25F3N2O5. The average Bonchev–Trinajstić information content (AvgIpc) is 3.02. The summed E-state index contributed by atoms with van der Waals surface area (Å²) in [5, 5.41) is 8.92. The third-order valence-electron chi connectivity index (χ3n) is 6.52. The monoisotopic (exact) mass is 478 g/mol. The van der Waals surface area contributed by atoms with Gasteiger partial charge in [-0.1, -0.05) is 25.1 Å². The second kappa shape index (κ2) is 9.27. The fraction of sp³-hybridized carbons (Fsp3) is 0.417. The molecule has 1 saturated heterocycles. The SMILES string of the molecule is CC1(C(=O)N2Cc3ccc(C(=O)NO)cc3OC[C@H]2c2cccc(C(F)(F)F)c2)CCOCC1. The molecule has 1 atom stereocenters. The van der Waals surface area contributed by atoms with E-state index in [9.17, 15) is 22.8 Å². The van der Waals surface area contributed by atoms with E-state index >= 15 is 0 Å². The fourth-order valence-electron chi connectivity index (χ4n) is 4.37. The lowest BCUT2D eigenvalue weighted by atomic mass is 9.80. The van der Waals surface area contributed by atoms with Gasteiger partial charge in [-0.05, 0) is 42.7 Å². The molecule has 0 saturated carbocycles. The number of rotatable bonds is 3. The minimum atomic E-state index is -4.53. The Morgan fingerprint density at radius 2 is 1.88 bits per heavy atom. The number of carbonyl (C=O) groups excluding carboxylic acids is 2. The lowest BCUT2D eigenvalue weighted by Gasteiger charge is -2.39. The fourth-order valence-corrected chi connectivity index (χ4v) is 4.37. The van der Waals surface area contributed by atoms with Crippen molar-refractivity contribution >= 4 is 11.8 Å². The summed E-state index contributed by atoms with van der Waals surface area (Å²) in [6.45, 7) is 2.69. The number of hydroxylamine groups is 1. The van der Waals surface area contributed by atoms with Crippen LogP contribution < -0.4 is 10.2 Å². The number of amides is 2. The summed E-state index contributed by atoms with van der Waals surface area (Å²) >= 11 is 0. The molecule has 2 amide bonds. The molecule has 0 aliphatic carbocycles. The zero-order valence-electron chi connectivity index (χ0n) is 18.5. The highest BCUT2D eigenvalue weighted by molar-refractivity contribution is 5.94. The first-order valence-electron chi connectivity index (χ1n) is 10.9. The number of alkyl halides is 3. The van der Waals surface area contributed by atoms with E-state index < -0.39 is 29.1 Å². The number of ether oxygens (including phenoxy) is 2. The van der Waals surface area contributed by atoms with Gasteiger partial charge in [0.2, 0.25) is 5.91 Å². The van der Waals surface area contributed by atoms with E-state index in [1.54, 1.807) is 22.5 Å². The molecule has 7 nitrogen and oxygen atoms in total. The summed E-state index contributed by atoms with van der Waals surface area (Å²) in [4.78, 5) is 27.2. The van der Waals surface area contributed by atoms with Crippen molar-refractivity contribution in [2.24, 2.45) is 5.41 Å². The van der Waals surface area contributed by atoms with Crippen LogP contribution in [0.3, 0.4) is 0 Å². The van der Waals surface area contributed by atoms with Crippen LogP contribution in [0.2, 0.25) is 0 Å². The molecule has 0 radical (unpaired) electrons. The number of nitrogens with zero attached hydrogens (tertiary/aromatic N) is 1. The first kappa shape index (κ1) is 24.0. The third kappa shape index (κ3) is 4.74. The number of nitrogens with one attached hydrogen (secondary N) is 1. The number of halogens is 3. The topological polar surface area (TPSA) is 88.1 Å². The Hall–Kier alpha value is -3.11. The number of hydrogen-bond donors (Lipinski definition) is 2. The van der Waals surface area contributed by atoms with E-state index in [1.807, 2.05) is 6.92 Å². The van der Waals surface area contributed by atoms with Crippen LogP contribution in [-0.2, 0) is 22.3 Å². The summed E-state index contributed by atoms with van der Waals surface area (Å²) in [6.07, 6.45) is -3.53. The van der Waals surface area contributed by atoms with E-state index in [0.29, 0.717) is 42.9 Å². The number of hydrogen-bond acceptors (Lipinski definition) is 5. The van der Waals surface area contributed by atoms with Gasteiger partial charge in [-0.3, -0.25) is 14.8 Å². The van der Waals surface area contributed by atoms with Gasteiger partial charge in [0.25, 0.3) is 5.91 Å². The molecule has 0 unspecified atom stereocenters. The Labute approximate surface area is 194 Å². The number of benzene rings is 2. The second-order valence-electron chi connectivity index (χ2n) is 8.82. The van der Waals surface area contributed by atoms with Gasteiger partial charge in [-0.25, -0.2) is 5.48 Å². The van der Waals surface area contributed by atoms with Crippen LogP contribution in [0, 0.1) is 5.41 Å². The Balaban J connectivity index is 1.75. The van der Waals surface area contributed by atoms with Gasteiger partial charge in [0.05, 0.1) is 23.6 Å². The predicted molar refractivity (Wildman–Crippen MR) is 114 cm³/mol. The summed E-state index contributed by atoms with van der Waals surface area (Å²) in [6, 6.07) is 8.65. The molecular weight excluding hydrogens is 453 g/mol. The normalized spacial score (nSPS) is 20.0. The zero-order valence-corrected chi connectivity index (χ0v) is 18.5. The van der Waals surface area contributed by atoms with Crippen LogP contribution in [0.25, 0.3) is 0 Å². The van der Waals surface area contributed by atoms with E-state index in [4.69, 9.17) is 14.7 Å². The van der Waals surface area contributed by atoms with Gasteiger partial charge in [0.1, 0.15) is 12.4 Å². The van der Waals surface area contributed by atoms with Gasteiger partial charge in [-0.15, -0.1) is 0 Å². The smallest absolute Gasteiger partial charge is 0.416 e. The summed E-state index contributed by atoms with van der Waals surface area (Å²) in [5.41, 5.74) is 1.08. The van der Waals surface area contributed by atoms with Crippen molar-refractivity contribution in [3.63, 3.8) is 0 Å². The largest absolute Gasteiger partial charge is 0.491 e. The molecule has 34 heavy (non-hydrogen) atoms. The lowest BCUT2D eigenvalue weighted by molar-refractivity contribution is -0.150. The second-order valence-corrected chi connectivity index (χ2v) is 8.82. The van der Waals surface area contributed by atoms with Crippen molar-refractivity contribution in [3.8, 4) is 5.75 Å². The molecule has 2 aromatic rings. The highest BCUT2D eigenvalue weighted by Gasteiger charge is 2.42. The molecule has 4 rings (SSSR count). The zero-order chi connectivity index (χ0) is 24.5. The maximum atomic E-state index is 13.8. The summed E-state index contributed by atoms with van der Waals surface area (Å²) in [7, 11) is 0. The van der Waals surface area contributed by atoms with E-state index in [2.05, 4.69) is 0 Å². The third-order valence-corrected chi connectivity index (χ3v) is 6.52. The molecule has 2 aliphatic rings. The van der Waals surface area contributed by atoms with E-state index in [0.717, 1.165) is 12.1 Å². The van der Waals surface area contributed by atoms with Crippen molar-refractivity contribution in [1.29, 1.82) is 0 Å². The first-order valence-corrected chi connectivity index (χ1v) is 10.9. The van der Waals surface area contributed by atoms with Crippen molar-refractivity contribution in [1.82, 2.24) is 10.4 Å². The van der Waals surface area contributed by atoms with E-state index in [1.165, 1.54) is 18.2 Å². The maximum Gasteiger partial charge on any atom is 0.416 e. The Morgan fingerprint density at radius 1 is 1.15 bits per heavy atom. The average molecular weight is 478 g/mol. The van der Waals surface area contributed by atoms with Crippen molar-refractivity contribution in [2.45, 2.75) is 38.5 Å². The molecule has 2 aromatic carbocycles. The lowest BCUT2D eigenvalue weighted by Crippen LogP contribution is -2.47. The summed E-state index contributed by atoms with van der Waals surface area (Å²) < 4.78 is 51.6. The molecule has 2 heterocycles. The molecule has 10 heteroatoms. The molecule has 0 aromatic heterocycles.